The maximum atomic E-state index is 13.2. The molecule has 6 heteroatoms. The van der Waals surface area contributed by atoms with Crippen LogP contribution in [0.25, 0.3) is 11.6 Å². The second kappa shape index (κ2) is 10.7. The second-order valence-electron chi connectivity index (χ2n) is 7.71. The van der Waals surface area contributed by atoms with E-state index in [1.54, 1.807) is 0 Å². The normalized spacial score (nSPS) is 14.0. The Morgan fingerprint density at radius 3 is 2.52 bits per heavy atom. The summed E-state index contributed by atoms with van der Waals surface area (Å²) in [6.07, 6.45) is 2.87. The summed E-state index contributed by atoms with van der Waals surface area (Å²) in [5, 5.41) is 0. The molecule has 3 aromatic rings. The Kier molecular flexibility index (Phi) is 7.75. The van der Waals surface area contributed by atoms with Crippen molar-refractivity contribution in [2.24, 2.45) is 0 Å². The van der Waals surface area contributed by atoms with Crippen molar-refractivity contribution < 1.29 is 14.3 Å². The van der Waals surface area contributed by atoms with Crippen molar-refractivity contribution >= 4 is 61.8 Å². The Labute approximate surface area is 216 Å². The van der Waals surface area contributed by atoms with E-state index in [1.165, 1.54) is 0 Å². The van der Waals surface area contributed by atoms with Gasteiger partial charge in [0, 0.05) is 22.2 Å². The van der Waals surface area contributed by atoms with Gasteiger partial charge in [-0.05, 0) is 83.5 Å². The molecule has 1 aliphatic rings. The van der Waals surface area contributed by atoms with Crippen molar-refractivity contribution in [2.75, 3.05) is 18.1 Å². The third kappa shape index (κ3) is 5.27. The molecule has 1 aliphatic heterocycles. The van der Waals surface area contributed by atoms with Gasteiger partial charge >= 0.3 is 0 Å². The van der Waals surface area contributed by atoms with Gasteiger partial charge in [-0.1, -0.05) is 53.2 Å². The minimum Gasteiger partial charge on any atom is -0.490 e. The third-order valence-electron chi connectivity index (χ3n) is 5.35. The van der Waals surface area contributed by atoms with Crippen LogP contribution in [0, 0.1) is 3.57 Å². The van der Waals surface area contributed by atoms with Crippen LogP contribution in [0.3, 0.4) is 0 Å². The van der Waals surface area contributed by atoms with Crippen LogP contribution in [0.5, 0.6) is 11.5 Å². The van der Waals surface area contributed by atoms with Crippen LogP contribution >= 0.6 is 38.5 Å². The first kappa shape index (κ1) is 23.8. The zero-order chi connectivity index (χ0) is 23.4. The Morgan fingerprint density at radius 1 is 1.03 bits per heavy atom. The molecule has 4 rings (SSSR count). The van der Waals surface area contributed by atoms with Crippen LogP contribution in [0.15, 0.2) is 65.1 Å². The van der Waals surface area contributed by atoms with Gasteiger partial charge in [0.2, 0.25) is 0 Å². The second-order valence-corrected chi connectivity index (χ2v) is 9.79. The van der Waals surface area contributed by atoms with Crippen LogP contribution in [-0.4, -0.2) is 19.1 Å². The fourth-order valence-corrected chi connectivity index (χ4v) is 4.91. The number of amides is 1. The molecule has 0 atom stereocenters. The summed E-state index contributed by atoms with van der Waals surface area (Å²) >= 11 is 5.73. The standard InChI is InChI=1S/C27H25BrINO3/c1-3-13-30-24-8-6-5-7-21(24)22(27(30)31)14-19-15-23(29)26(25(16-19)32-4-2)33-17-18-9-11-20(28)12-10-18/h5-12,14-16H,3-4,13,17H2,1-2H3/b22-14-. The molecule has 3 aromatic carbocycles. The molecule has 33 heavy (non-hydrogen) atoms. The van der Waals surface area contributed by atoms with Gasteiger partial charge in [0.1, 0.15) is 6.61 Å². The molecule has 0 aliphatic carbocycles. The van der Waals surface area contributed by atoms with E-state index in [9.17, 15) is 4.79 Å². The van der Waals surface area contributed by atoms with E-state index in [0.717, 1.165) is 36.8 Å². The fourth-order valence-electron chi connectivity index (χ4n) is 3.87. The molecule has 0 spiro atoms. The monoisotopic (exact) mass is 617 g/mol. The highest BCUT2D eigenvalue weighted by Crippen LogP contribution is 2.40. The van der Waals surface area contributed by atoms with Crippen molar-refractivity contribution in [2.45, 2.75) is 26.9 Å². The van der Waals surface area contributed by atoms with Crippen molar-refractivity contribution in [3.05, 3.63) is 85.4 Å². The molecule has 4 nitrogen and oxygen atoms in total. The number of anilines is 1. The Bertz CT molecular complexity index is 1190. The summed E-state index contributed by atoms with van der Waals surface area (Å²) in [6, 6.07) is 20.0. The molecule has 0 bridgehead atoms. The van der Waals surface area contributed by atoms with E-state index in [0.29, 0.717) is 36.8 Å². The molecule has 1 amide bonds. The number of nitrogens with zero attached hydrogens (tertiary/aromatic N) is 1. The highest BCUT2D eigenvalue weighted by molar-refractivity contribution is 14.1. The van der Waals surface area contributed by atoms with E-state index >= 15 is 0 Å². The van der Waals surface area contributed by atoms with E-state index in [4.69, 9.17) is 9.47 Å². The number of rotatable bonds is 8. The van der Waals surface area contributed by atoms with Crippen molar-refractivity contribution in [3.8, 4) is 11.5 Å². The largest absolute Gasteiger partial charge is 0.490 e. The molecule has 0 radical (unpaired) electrons. The average molecular weight is 618 g/mol. The Balaban J connectivity index is 1.67. The first-order chi connectivity index (χ1) is 16.0. The lowest BCUT2D eigenvalue weighted by molar-refractivity contribution is -0.113. The van der Waals surface area contributed by atoms with Gasteiger partial charge < -0.3 is 14.4 Å². The summed E-state index contributed by atoms with van der Waals surface area (Å²) in [5.74, 6) is 1.44. The summed E-state index contributed by atoms with van der Waals surface area (Å²) in [6.45, 7) is 5.72. The predicted octanol–water partition coefficient (Wildman–Crippen LogP) is 7.33. The number of carbonyl (C=O) groups excluding carboxylic acids is 1. The molecule has 1 heterocycles. The van der Waals surface area contributed by atoms with Crippen LogP contribution in [-0.2, 0) is 11.4 Å². The lowest BCUT2D eigenvalue weighted by Gasteiger charge is -2.16. The van der Waals surface area contributed by atoms with Gasteiger partial charge in [-0.3, -0.25) is 4.79 Å². The molecule has 170 valence electrons. The van der Waals surface area contributed by atoms with E-state index < -0.39 is 0 Å². The lowest BCUT2D eigenvalue weighted by Crippen LogP contribution is -2.26. The molecule has 0 saturated heterocycles. The molecule has 0 saturated carbocycles. The third-order valence-corrected chi connectivity index (χ3v) is 6.68. The molecule has 0 fully saturated rings. The maximum absolute atomic E-state index is 13.2. The van der Waals surface area contributed by atoms with Gasteiger partial charge in [0.05, 0.1) is 15.9 Å². The minimum absolute atomic E-state index is 0.0431. The van der Waals surface area contributed by atoms with E-state index in [-0.39, 0.29) is 5.91 Å². The van der Waals surface area contributed by atoms with Gasteiger partial charge in [-0.25, -0.2) is 0 Å². The Hall–Kier alpha value is -2.32. The molecular formula is C27H25BrINO3. The minimum atomic E-state index is 0.0431. The summed E-state index contributed by atoms with van der Waals surface area (Å²) in [4.78, 5) is 15.1. The number of fused-ring (bicyclic) bond motifs is 1. The number of para-hydroxylation sites is 1. The average Bonchev–Trinajstić information content (AvgIpc) is 3.06. The zero-order valence-electron chi connectivity index (χ0n) is 18.6. The highest BCUT2D eigenvalue weighted by atomic mass is 127. The number of halogens is 2. The van der Waals surface area contributed by atoms with Crippen LogP contribution in [0.1, 0.15) is 37.0 Å². The van der Waals surface area contributed by atoms with Crippen LogP contribution in [0.4, 0.5) is 5.69 Å². The first-order valence-corrected chi connectivity index (χ1v) is 12.9. The smallest absolute Gasteiger partial charge is 0.258 e. The molecule has 0 unspecified atom stereocenters. The SMILES string of the molecule is CCCN1C(=O)/C(=C\c2cc(I)c(OCc3ccc(Br)cc3)c(OCC)c2)c2ccccc21. The summed E-state index contributed by atoms with van der Waals surface area (Å²) in [5.41, 5.74) is 4.65. The van der Waals surface area contributed by atoms with Gasteiger partial charge in [0.25, 0.3) is 5.91 Å². The predicted molar refractivity (Wildman–Crippen MR) is 146 cm³/mol. The number of benzene rings is 3. The number of carbonyl (C=O) groups is 1. The number of hydrogen-bond acceptors (Lipinski definition) is 3. The summed E-state index contributed by atoms with van der Waals surface area (Å²) < 4.78 is 14.1. The van der Waals surface area contributed by atoms with Gasteiger partial charge in [0.15, 0.2) is 11.5 Å². The van der Waals surface area contributed by atoms with Gasteiger partial charge in [-0.2, -0.15) is 0 Å². The molecule has 0 N–H and O–H groups in total. The zero-order valence-corrected chi connectivity index (χ0v) is 22.4. The van der Waals surface area contributed by atoms with Gasteiger partial charge in [-0.15, -0.1) is 0 Å². The quantitative estimate of drug-likeness (QED) is 0.196. The maximum Gasteiger partial charge on any atom is 0.258 e. The number of ether oxygens (including phenoxy) is 2. The number of hydrogen-bond donors (Lipinski definition) is 0. The topological polar surface area (TPSA) is 38.8 Å². The van der Waals surface area contributed by atoms with Crippen molar-refractivity contribution in [1.82, 2.24) is 0 Å². The van der Waals surface area contributed by atoms with Crippen molar-refractivity contribution in [1.29, 1.82) is 0 Å². The molecular weight excluding hydrogens is 593 g/mol. The first-order valence-electron chi connectivity index (χ1n) is 11.0. The van der Waals surface area contributed by atoms with Crippen LogP contribution < -0.4 is 14.4 Å². The fraction of sp³-hybridized carbons (Fsp3) is 0.222. The van der Waals surface area contributed by atoms with E-state index in [1.807, 2.05) is 78.6 Å². The summed E-state index contributed by atoms with van der Waals surface area (Å²) in [7, 11) is 0. The molecule has 0 aromatic heterocycles. The Morgan fingerprint density at radius 2 is 1.79 bits per heavy atom. The van der Waals surface area contributed by atoms with Crippen LogP contribution in [0.2, 0.25) is 0 Å². The van der Waals surface area contributed by atoms with E-state index in [2.05, 4.69) is 45.4 Å². The highest BCUT2D eigenvalue weighted by Gasteiger charge is 2.31. The lowest BCUT2D eigenvalue weighted by atomic mass is 10.0. The van der Waals surface area contributed by atoms with Crippen molar-refractivity contribution in [3.63, 3.8) is 0 Å².